The van der Waals surface area contributed by atoms with E-state index >= 15 is 0 Å². The van der Waals surface area contributed by atoms with Gasteiger partial charge in [0.25, 0.3) is 0 Å². The van der Waals surface area contributed by atoms with Gasteiger partial charge in [-0.3, -0.25) is 9.59 Å². The van der Waals surface area contributed by atoms with E-state index in [4.69, 9.17) is 5.11 Å². The lowest BCUT2D eigenvalue weighted by Gasteiger charge is -2.31. The minimum absolute atomic E-state index is 0.280. The minimum Gasteiger partial charge on any atom is -0.387 e. The summed E-state index contributed by atoms with van der Waals surface area (Å²) >= 11 is 0. The van der Waals surface area contributed by atoms with Crippen LogP contribution in [0.5, 0.6) is 0 Å². The molecule has 0 aromatic heterocycles. The number of hydrogen-bond donors (Lipinski definition) is 2. The molecule has 0 radical (unpaired) electrons. The maximum absolute atomic E-state index is 13.0. The highest BCUT2D eigenvalue weighted by Gasteiger charge is 2.30. The van der Waals surface area contributed by atoms with Crippen molar-refractivity contribution in [2.24, 2.45) is 0 Å². The van der Waals surface area contributed by atoms with Crippen LogP contribution in [0.3, 0.4) is 0 Å². The normalized spacial score (nSPS) is 12.4. The molecule has 0 fully saturated rings. The van der Waals surface area contributed by atoms with Crippen molar-refractivity contribution in [2.45, 2.75) is 32.0 Å². The average molecular weight is 473 g/mol. The molecule has 1 atom stereocenters. The fraction of sp³-hybridized carbons (Fsp3) is 0.308. The Balaban J connectivity index is 1.79. The summed E-state index contributed by atoms with van der Waals surface area (Å²) < 4.78 is 39.1. The van der Waals surface area contributed by atoms with Crippen LogP contribution in [0.15, 0.2) is 66.7 Å². The number of aryl methyl sites for hydroxylation is 1. The molecule has 0 aliphatic carbocycles. The SMILES string of the molecule is C[C@H](c1cccc2ccccc12)N(CCCc1cccc(C(F)(F)F)c1)C(=O)CNC(=O)CO. The number of aliphatic hydroxyl groups is 1. The Morgan fingerprint density at radius 1 is 1.03 bits per heavy atom. The summed E-state index contributed by atoms with van der Waals surface area (Å²) in [5.41, 5.74) is 0.765. The van der Waals surface area contributed by atoms with Gasteiger partial charge in [0.15, 0.2) is 0 Å². The van der Waals surface area contributed by atoms with Gasteiger partial charge in [0.2, 0.25) is 11.8 Å². The molecule has 0 aliphatic rings. The van der Waals surface area contributed by atoms with Crippen molar-refractivity contribution in [3.05, 3.63) is 83.4 Å². The van der Waals surface area contributed by atoms with Crippen LogP contribution in [0.1, 0.15) is 36.1 Å². The number of halogens is 3. The van der Waals surface area contributed by atoms with Crippen LogP contribution >= 0.6 is 0 Å². The smallest absolute Gasteiger partial charge is 0.387 e. The van der Waals surface area contributed by atoms with E-state index < -0.39 is 24.3 Å². The maximum Gasteiger partial charge on any atom is 0.416 e. The lowest BCUT2D eigenvalue weighted by Crippen LogP contribution is -2.42. The van der Waals surface area contributed by atoms with Gasteiger partial charge < -0.3 is 15.3 Å². The standard InChI is InChI=1S/C26H27F3N2O3/c1-18(22-13-5-10-20-9-2-3-12-23(20)22)31(25(34)16-30-24(33)17-32)14-6-8-19-7-4-11-21(15-19)26(27,28)29/h2-5,7,9-13,15,18,32H,6,8,14,16-17H2,1H3,(H,30,33)/t18-/m1/s1. The molecule has 0 heterocycles. The van der Waals surface area contributed by atoms with Gasteiger partial charge in [0.05, 0.1) is 18.2 Å². The number of nitrogens with one attached hydrogen (secondary N) is 1. The van der Waals surface area contributed by atoms with E-state index in [2.05, 4.69) is 5.32 Å². The summed E-state index contributed by atoms with van der Waals surface area (Å²) in [6.07, 6.45) is -3.61. The molecule has 2 N–H and O–H groups in total. The second kappa shape index (κ2) is 11.2. The van der Waals surface area contributed by atoms with Crippen molar-refractivity contribution in [3.63, 3.8) is 0 Å². The van der Waals surface area contributed by atoms with Crippen LogP contribution in [0, 0.1) is 0 Å². The number of rotatable bonds is 9. The molecule has 2 amide bonds. The van der Waals surface area contributed by atoms with Crippen molar-refractivity contribution in [1.82, 2.24) is 10.2 Å². The monoisotopic (exact) mass is 472 g/mol. The summed E-state index contributed by atoms with van der Waals surface area (Å²) in [5, 5.41) is 13.3. The number of nitrogens with zero attached hydrogens (tertiary/aromatic N) is 1. The average Bonchev–Trinajstić information content (AvgIpc) is 2.84. The molecule has 3 aromatic carbocycles. The van der Waals surface area contributed by atoms with Gasteiger partial charge in [0.1, 0.15) is 6.61 Å². The zero-order valence-electron chi connectivity index (χ0n) is 18.8. The van der Waals surface area contributed by atoms with Crippen molar-refractivity contribution < 1.29 is 27.9 Å². The summed E-state index contributed by atoms with van der Waals surface area (Å²) in [6.45, 7) is 1.17. The number of carbonyl (C=O) groups is 2. The van der Waals surface area contributed by atoms with Crippen LogP contribution < -0.4 is 5.32 Å². The fourth-order valence-electron chi connectivity index (χ4n) is 4.01. The minimum atomic E-state index is -4.41. The molecule has 34 heavy (non-hydrogen) atoms. The summed E-state index contributed by atoms with van der Waals surface area (Å²) in [6, 6.07) is 18.5. The number of alkyl halides is 3. The first-order valence-electron chi connectivity index (χ1n) is 11.0. The summed E-state index contributed by atoms with van der Waals surface area (Å²) in [5.74, 6) is -0.999. The third kappa shape index (κ3) is 6.35. The fourth-order valence-corrected chi connectivity index (χ4v) is 4.01. The molecule has 0 saturated heterocycles. The predicted molar refractivity (Wildman–Crippen MR) is 124 cm³/mol. The molecule has 0 saturated carbocycles. The van der Waals surface area contributed by atoms with Crippen molar-refractivity contribution in [1.29, 1.82) is 0 Å². The molecule has 3 rings (SSSR count). The molecule has 0 spiro atoms. The van der Waals surface area contributed by atoms with E-state index in [1.165, 1.54) is 6.07 Å². The van der Waals surface area contributed by atoms with Gasteiger partial charge >= 0.3 is 6.18 Å². The van der Waals surface area contributed by atoms with Crippen molar-refractivity contribution in [2.75, 3.05) is 19.7 Å². The van der Waals surface area contributed by atoms with Gasteiger partial charge in [-0.15, -0.1) is 0 Å². The van der Waals surface area contributed by atoms with E-state index in [9.17, 15) is 22.8 Å². The molecular formula is C26H27F3N2O3. The number of hydrogen-bond acceptors (Lipinski definition) is 3. The van der Waals surface area contributed by atoms with Crippen LogP contribution in [0.2, 0.25) is 0 Å². The molecule has 0 unspecified atom stereocenters. The second-order valence-electron chi connectivity index (χ2n) is 8.07. The number of benzene rings is 3. The van der Waals surface area contributed by atoms with E-state index in [-0.39, 0.29) is 25.0 Å². The third-order valence-corrected chi connectivity index (χ3v) is 5.76. The Labute approximate surface area is 196 Å². The quantitative estimate of drug-likeness (QED) is 0.482. The number of aliphatic hydroxyl groups excluding tert-OH is 1. The van der Waals surface area contributed by atoms with Gasteiger partial charge in [-0.2, -0.15) is 13.2 Å². The Morgan fingerprint density at radius 3 is 2.47 bits per heavy atom. The van der Waals surface area contributed by atoms with Crippen molar-refractivity contribution in [3.8, 4) is 0 Å². The topological polar surface area (TPSA) is 69.6 Å². The van der Waals surface area contributed by atoms with Gasteiger partial charge in [-0.05, 0) is 47.7 Å². The van der Waals surface area contributed by atoms with Gasteiger partial charge in [-0.25, -0.2) is 0 Å². The lowest BCUT2D eigenvalue weighted by molar-refractivity contribution is -0.137. The van der Waals surface area contributed by atoms with Crippen LogP contribution in [-0.2, 0) is 22.2 Å². The van der Waals surface area contributed by atoms with Crippen LogP contribution in [0.25, 0.3) is 10.8 Å². The summed E-state index contributed by atoms with van der Waals surface area (Å²) in [4.78, 5) is 26.1. The highest BCUT2D eigenvalue weighted by molar-refractivity contribution is 5.88. The molecule has 5 nitrogen and oxygen atoms in total. The third-order valence-electron chi connectivity index (χ3n) is 5.76. The van der Waals surface area contributed by atoms with E-state index in [1.807, 2.05) is 49.4 Å². The molecule has 180 valence electrons. The predicted octanol–water partition coefficient (Wildman–Crippen LogP) is 4.49. The Kier molecular flexibility index (Phi) is 8.28. The maximum atomic E-state index is 13.0. The summed E-state index contributed by atoms with van der Waals surface area (Å²) in [7, 11) is 0. The van der Waals surface area contributed by atoms with Crippen LogP contribution in [0.4, 0.5) is 13.2 Å². The second-order valence-corrected chi connectivity index (χ2v) is 8.07. The largest absolute Gasteiger partial charge is 0.416 e. The highest BCUT2D eigenvalue weighted by Crippen LogP contribution is 2.31. The van der Waals surface area contributed by atoms with E-state index in [0.29, 0.717) is 18.4 Å². The first-order chi connectivity index (χ1) is 16.2. The molecule has 3 aromatic rings. The zero-order valence-corrected chi connectivity index (χ0v) is 18.8. The first-order valence-corrected chi connectivity index (χ1v) is 11.0. The van der Waals surface area contributed by atoms with Gasteiger partial charge in [0, 0.05) is 6.54 Å². The number of amides is 2. The molecule has 8 heteroatoms. The molecule has 0 aliphatic heterocycles. The first kappa shape index (κ1) is 25.2. The Hall–Kier alpha value is -3.39. The Morgan fingerprint density at radius 2 is 1.74 bits per heavy atom. The van der Waals surface area contributed by atoms with E-state index in [0.717, 1.165) is 28.5 Å². The van der Waals surface area contributed by atoms with Crippen LogP contribution in [-0.4, -0.2) is 41.5 Å². The highest BCUT2D eigenvalue weighted by atomic mass is 19.4. The number of fused-ring (bicyclic) bond motifs is 1. The number of carbonyl (C=O) groups excluding carboxylic acids is 2. The molecular weight excluding hydrogens is 445 g/mol. The van der Waals surface area contributed by atoms with Crippen molar-refractivity contribution >= 4 is 22.6 Å². The zero-order chi connectivity index (χ0) is 24.7. The molecule has 0 bridgehead atoms. The van der Waals surface area contributed by atoms with E-state index in [1.54, 1.807) is 11.0 Å². The lowest BCUT2D eigenvalue weighted by atomic mass is 9.98. The van der Waals surface area contributed by atoms with Gasteiger partial charge in [-0.1, -0.05) is 60.7 Å². The Bertz CT molecular complexity index is 1140.